The molecule has 164 valence electrons. The summed E-state index contributed by atoms with van der Waals surface area (Å²) in [5, 5.41) is 13.2. The predicted molar refractivity (Wildman–Crippen MR) is 126 cm³/mol. The molecule has 1 aromatic heterocycles. The maximum Gasteiger partial charge on any atom is 0.296 e. The molecule has 0 spiro atoms. The lowest BCUT2D eigenvalue weighted by atomic mass is 9.93. The third-order valence-electron chi connectivity index (χ3n) is 6.19. The fraction of sp³-hybridized carbons (Fsp3) is 0.143. The van der Waals surface area contributed by atoms with Crippen molar-refractivity contribution < 1.29 is 19.1 Å². The number of nitrogens with zero attached hydrogens (tertiary/aromatic N) is 1. The standard InChI is InChI=1S/C28H23NO4/c1-2-18-12-14-20(15-13-18)25-24(27(31)28(32)29(25)17-21-9-6-16-33-21)26(30)23-11-5-8-19-7-3-4-10-22(19)23/h3-16,25,30H,2,17H2,1H3/b26-24-. The summed E-state index contributed by atoms with van der Waals surface area (Å²) in [4.78, 5) is 27.9. The third-order valence-corrected chi connectivity index (χ3v) is 6.19. The van der Waals surface area contributed by atoms with Crippen molar-refractivity contribution in [1.29, 1.82) is 0 Å². The summed E-state index contributed by atoms with van der Waals surface area (Å²) < 4.78 is 5.45. The van der Waals surface area contributed by atoms with Crippen LogP contribution in [0.4, 0.5) is 0 Å². The van der Waals surface area contributed by atoms with E-state index in [1.165, 1.54) is 11.2 Å². The van der Waals surface area contributed by atoms with Gasteiger partial charge in [-0.1, -0.05) is 73.7 Å². The zero-order valence-corrected chi connectivity index (χ0v) is 18.2. The van der Waals surface area contributed by atoms with E-state index in [9.17, 15) is 14.7 Å². The minimum absolute atomic E-state index is 0.0900. The van der Waals surface area contributed by atoms with E-state index in [1.54, 1.807) is 18.2 Å². The first kappa shape index (κ1) is 20.8. The smallest absolute Gasteiger partial charge is 0.296 e. The van der Waals surface area contributed by atoms with Crippen molar-refractivity contribution in [3.63, 3.8) is 0 Å². The summed E-state index contributed by atoms with van der Waals surface area (Å²) >= 11 is 0. The van der Waals surface area contributed by atoms with Crippen LogP contribution in [0.3, 0.4) is 0 Å². The molecule has 5 nitrogen and oxygen atoms in total. The quantitative estimate of drug-likeness (QED) is 0.250. The van der Waals surface area contributed by atoms with Crippen LogP contribution in [-0.2, 0) is 22.6 Å². The van der Waals surface area contributed by atoms with Gasteiger partial charge in [0.05, 0.1) is 24.4 Å². The maximum absolute atomic E-state index is 13.3. The molecular formula is C28H23NO4. The summed E-state index contributed by atoms with van der Waals surface area (Å²) in [5.41, 5.74) is 2.53. The summed E-state index contributed by atoms with van der Waals surface area (Å²) in [7, 11) is 0. The van der Waals surface area contributed by atoms with Crippen LogP contribution in [0.2, 0.25) is 0 Å². The molecule has 5 heteroatoms. The van der Waals surface area contributed by atoms with Crippen LogP contribution in [0, 0.1) is 0 Å². The van der Waals surface area contributed by atoms with Crippen molar-refractivity contribution in [3.8, 4) is 0 Å². The number of carbonyl (C=O) groups excluding carboxylic acids is 2. The average Bonchev–Trinajstić information content (AvgIpc) is 3.46. The number of rotatable bonds is 5. The van der Waals surface area contributed by atoms with Crippen molar-refractivity contribution in [2.75, 3.05) is 0 Å². The zero-order chi connectivity index (χ0) is 22.9. The van der Waals surface area contributed by atoms with Crippen LogP contribution in [0.15, 0.2) is 95.1 Å². The molecule has 0 saturated carbocycles. The van der Waals surface area contributed by atoms with E-state index in [-0.39, 0.29) is 17.9 Å². The highest BCUT2D eigenvalue weighted by Gasteiger charge is 2.46. The number of hydrogen-bond acceptors (Lipinski definition) is 4. The first-order valence-corrected chi connectivity index (χ1v) is 11.0. The molecule has 4 aromatic rings. The van der Waals surface area contributed by atoms with Crippen LogP contribution in [-0.4, -0.2) is 21.7 Å². The van der Waals surface area contributed by atoms with Crippen molar-refractivity contribution in [2.24, 2.45) is 0 Å². The molecular weight excluding hydrogens is 414 g/mol. The van der Waals surface area contributed by atoms with Gasteiger partial charge < -0.3 is 14.4 Å². The van der Waals surface area contributed by atoms with E-state index in [0.29, 0.717) is 11.3 Å². The van der Waals surface area contributed by atoms with Gasteiger partial charge in [0, 0.05) is 5.56 Å². The van der Waals surface area contributed by atoms with Gasteiger partial charge in [-0.25, -0.2) is 0 Å². The summed E-state index contributed by atoms with van der Waals surface area (Å²) in [6.07, 6.45) is 2.41. The fourth-order valence-electron chi connectivity index (χ4n) is 4.47. The van der Waals surface area contributed by atoms with Gasteiger partial charge >= 0.3 is 0 Å². The molecule has 1 amide bonds. The largest absolute Gasteiger partial charge is 0.507 e. The number of aryl methyl sites for hydroxylation is 1. The second-order valence-electron chi connectivity index (χ2n) is 8.13. The van der Waals surface area contributed by atoms with Crippen LogP contribution >= 0.6 is 0 Å². The number of aliphatic hydroxyl groups is 1. The van der Waals surface area contributed by atoms with Gasteiger partial charge in [-0.3, -0.25) is 9.59 Å². The topological polar surface area (TPSA) is 70.8 Å². The molecule has 1 unspecified atom stereocenters. The summed E-state index contributed by atoms with van der Waals surface area (Å²) in [6, 6.07) is 23.8. The third kappa shape index (κ3) is 3.61. The van der Waals surface area contributed by atoms with E-state index in [2.05, 4.69) is 6.92 Å². The molecule has 1 aliphatic rings. The lowest BCUT2D eigenvalue weighted by molar-refractivity contribution is -0.140. The molecule has 0 aliphatic carbocycles. The van der Waals surface area contributed by atoms with Crippen molar-refractivity contribution in [1.82, 2.24) is 4.90 Å². The number of benzene rings is 3. The van der Waals surface area contributed by atoms with Crippen LogP contribution < -0.4 is 0 Å². The predicted octanol–water partition coefficient (Wildman–Crippen LogP) is 5.62. The number of amides is 1. The fourth-order valence-corrected chi connectivity index (χ4v) is 4.47. The normalized spacial score (nSPS) is 17.7. The second kappa shape index (κ2) is 8.43. The first-order valence-electron chi connectivity index (χ1n) is 11.0. The van der Waals surface area contributed by atoms with Gasteiger partial charge in [-0.05, 0) is 40.5 Å². The Morgan fingerprint density at radius 1 is 0.939 bits per heavy atom. The number of furan rings is 1. The Balaban J connectivity index is 1.70. The van der Waals surface area contributed by atoms with Crippen molar-refractivity contribution in [2.45, 2.75) is 25.9 Å². The van der Waals surface area contributed by atoms with Crippen LogP contribution in [0.1, 0.15) is 35.4 Å². The molecule has 2 heterocycles. The lowest BCUT2D eigenvalue weighted by Crippen LogP contribution is -2.29. The number of hydrogen-bond donors (Lipinski definition) is 1. The SMILES string of the molecule is CCc1ccc(C2/C(=C(/O)c3cccc4ccccc34)C(=O)C(=O)N2Cc2ccco2)cc1. The molecule has 1 atom stereocenters. The number of likely N-dealkylation sites (tertiary alicyclic amines) is 1. The van der Waals surface area contributed by atoms with E-state index < -0.39 is 17.7 Å². The molecule has 1 aliphatic heterocycles. The van der Waals surface area contributed by atoms with Crippen molar-refractivity contribution in [3.05, 3.63) is 113 Å². The van der Waals surface area contributed by atoms with Gasteiger partial charge in [0.25, 0.3) is 11.7 Å². The van der Waals surface area contributed by atoms with Gasteiger partial charge in [0.1, 0.15) is 11.5 Å². The first-order chi connectivity index (χ1) is 16.1. The monoisotopic (exact) mass is 437 g/mol. The average molecular weight is 437 g/mol. The Labute approximate surface area is 191 Å². The Morgan fingerprint density at radius 3 is 2.42 bits per heavy atom. The van der Waals surface area contributed by atoms with E-state index in [0.717, 1.165) is 28.3 Å². The number of carbonyl (C=O) groups is 2. The van der Waals surface area contributed by atoms with E-state index in [1.807, 2.05) is 60.7 Å². The van der Waals surface area contributed by atoms with E-state index in [4.69, 9.17) is 4.42 Å². The zero-order valence-electron chi connectivity index (χ0n) is 18.2. The number of fused-ring (bicyclic) bond motifs is 1. The molecule has 1 N–H and O–H groups in total. The Kier molecular flexibility index (Phi) is 5.31. The number of Topliss-reactive ketones (excluding diaryl/α,β-unsaturated/α-hetero) is 1. The van der Waals surface area contributed by atoms with Gasteiger partial charge in [-0.15, -0.1) is 0 Å². The van der Waals surface area contributed by atoms with E-state index >= 15 is 0 Å². The highest BCUT2D eigenvalue weighted by molar-refractivity contribution is 6.46. The summed E-state index contributed by atoms with van der Waals surface area (Å²) in [6.45, 7) is 2.20. The minimum Gasteiger partial charge on any atom is -0.507 e. The highest BCUT2D eigenvalue weighted by atomic mass is 16.3. The Hall–Kier alpha value is -4.12. The molecule has 1 fully saturated rings. The lowest BCUT2D eigenvalue weighted by Gasteiger charge is -2.24. The van der Waals surface area contributed by atoms with Gasteiger partial charge in [0.2, 0.25) is 0 Å². The van der Waals surface area contributed by atoms with Gasteiger partial charge in [-0.2, -0.15) is 0 Å². The highest BCUT2D eigenvalue weighted by Crippen LogP contribution is 2.41. The maximum atomic E-state index is 13.3. The summed E-state index contributed by atoms with van der Waals surface area (Å²) in [5.74, 6) is -0.955. The van der Waals surface area contributed by atoms with Crippen LogP contribution in [0.25, 0.3) is 16.5 Å². The molecule has 5 rings (SSSR count). The van der Waals surface area contributed by atoms with Crippen molar-refractivity contribution >= 4 is 28.2 Å². The van der Waals surface area contributed by atoms with Gasteiger partial charge in [0.15, 0.2) is 0 Å². The second-order valence-corrected chi connectivity index (χ2v) is 8.13. The molecule has 1 saturated heterocycles. The minimum atomic E-state index is -0.722. The molecule has 0 bridgehead atoms. The molecule has 0 radical (unpaired) electrons. The Morgan fingerprint density at radius 2 is 1.70 bits per heavy atom. The Bertz CT molecular complexity index is 1360. The van der Waals surface area contributed by atoms with Crippen LogP contribution in [0.5, 0.6) is 0 Å². The molecule has 3 aromatic carbocycles. The number of ketones is 1. The molecule has 33 heavy (non-hydrogen) atoms. The number of aliphatic hydroxyl groups excluding tert-OH is 1.